The van der Waals surface area contributed by atoms with Gasteiger partial charge in [-0.25, -0.2) is 14.2 Å². The van der Waals surface area contributed by atoms with Crippen LogP contribution in [0.25, 0.3) is 17.0 Å². The van der Waals surface area contributed by atoms with Crippen LogP contribution in [0.15, 0.2) is 42.5 Å². The van der Waals surface area contributed by atoms with Gasteiger partial charge in [0.2, 0.25) is 0 Å². The third-order valence-corrected chi connectivity index (χ3v) is 5.19. The molecule has 9 nitrogen and oxygen atoms in total. The number of pyridine rings is 1. The third-order valence-electron chi connectivity index (χ3n) is 5.19. The third kappa shape index (κ3) is 3.51. The van der Waals surface area contributed by atoms with E-state index in [0.717, 1.165) is 22.5 Å². The van der Waals surface area contributed by atoms with Crippen LogP contribution in [0.5, 0.6) is 6.01 Å². The van der Waals surface area contributed by atoms with Gasteiger partial charge >= 0.3 is 6.01 Å². The Morgan fingerprint density at radius 3 is 2.76 bits per heavy atom. The summed E-state index contributed by atoms with van der Waals surface area (Å²) in [5, 5.41) is 15.3. The van der Waals surface area contributed by atoms with E-state index in [1.54, 1.807) is 11.7 Å². The molecular formula is C20H22N8O. The highest BCUT2D eigenvalue weighted by atomic mass is 16.5. The molecule has 1 saturated carbocycles. The highest BCUT2D eigenvalue weighted by molar-refractivity contribution is 5.78. The molecule has 5 rings (SSSR count). The fourth-order valence-electron chi connectivity index (χ4n) is 3.77. The molecule has 4 aromatic rings. The quantitative estimate of drug-likeness (QED) is 0.541. The van der Waals surface area contributed by atoms with E-state index in [-0.39, 0.29) is 0 Å². The number of nitrogens with one attached hydrogen (secondary N) is 1. The minimum atomic E-state index is 0.300. The van der Waals surface area contributed by atoms with Crippen LogP contribution in [0.1, 0.15) is 31.4 Å². The number of hydrogen-bond acceptors (Lipinski definition) is 7. The van der Waals surface area contributed by atoms with Crippen molar-refractivity contribution in [2.24, 2.45) is 7.05 Å². The summed E-state index contributed by atoms with van der Waals surface area (Å²) in [6.45, 7) is 0.300. The lowest BCUT2D eigenvalue weighted by atomic mass is 10.2. The van der Waals surface area contributed by atoms with Crippen molar-refractivity contribution in [1.29, 1.82) is 0 Å². The van der Waals surface area contributed by atoms with E-state index in [0.29, 0.717) is 24.6 Å². The number of imidazole rings is 1. The summed E-state index contributed by atoms with van der Waals surface area (Å²) in [7, 11) is 1.79. The maximum Gasteiger partial charge on any atom is 0.305 e. The number of ether oxygens (including phenoxy) is 1. The molecule has 0 spiro atoms. The van der Waals surface area contributed by atoms with Crippen molar-refractivity contribution in [1.82, 2.24) is 34.7 Å². The van der Waals surface area contributed by atoms with Crippen LogP contribution in [0.4, 0.5) is 5.82 Å². The number of fused-ring (bicyclic) bond motifs is 1. The molecule has 1 aromatic carbocycles. The van der Waals surface area contributed by atoms with Gasteiger partial charge in [0.25, 0.3) is 5.95 Å². The average Bonchev–Trinajstić information content (AvgIpc) is 3.46. The Hall–Kier alpha value is -3.49. The number of para-hydroxylation sites is 2. The fourth-order valence-corrected chi connectivity index (χ4v) is 3.77. The molecule has 148 valence electrons. The fraction of sp³-hybridized carbons (Fsp3) is 0.350. The Morgan fingerprint density at radius 2 is 1.93 bits per heavy atom. The second-order valence-electron chi connectivity index (χ2n) is 7.25. The van der Waals surface area contributed by atoms with Gasteiger partial charge in [-0.3, -0.25) is 0 Å². The van der Waals surface area contributed by atoms with E-state index >= 15 is 0 Å². The van der Waals surface area contributed by atoms with Crippen molar-refractivity contribution in [3.8, 4) is 12.0 Å². The highest BCUT2D eigenvalue weighted by Crippen LogP contribution is 2.25. The van der Waals surface area contributed by atoms with Gasteiger partial charge in [-0.15, -0.1) is 0 Å². The minimum Gasteiger partial charge on any atom is -0.458 e. The molecule has 0 unspecified atom stereocenters. The number of hydrogen-bond donors (Lipinski definition) is 1. The van der Waals surface area contributed by atoms with Crippen LogP contribution >= 0.6 is 0 Å². The Labute approximate surface area is 167 Å². The molecule has 0 radical (unpaired) electrons. The van der Waals surface area contributed by atoms with Gasteiger partial charge in [0.15, 0.2) is 0 Å². The number of anilines is 1. The van der Waals surface area contributed by atoms with Crippen LogP contribution in [-0.4, -0.2) is 40.8 Å². The number of nitrogens with zero attached hydrogens (tertiary/aromatic N) is 7. The molecule has 1 aliphatic rings. The summed E-state index contributed by atoms with van der Waals surface area (Å²) in [5.41, 5.74) is 2.53. The molecule has 0 saturated heterocycles. The number of benzene rings is 1. The van der Waals surface area contributed by atoms with Crippen molar-refractivity contribution < 1.29 is 4.74 Å². The molecule has 1 aliphatic carbocycles. The highest BCUT2D eigenvalue weighted by Gasteiger charge is 2.18. The van der Waals surface area contributed by atoms with Crippen LogP contribution in [0.3, 0.4) is 0 Å². The normalized spacial score (nSPS) is 14.5. The number of tetrazole rings is 1. The Bertz CT molecular complexity index is 1130. The van der Waals surface area contributed by atoms with Gasteiger partial charge in [-0.2, -0.15) is 4.98 Å². The van der Waals surface area contributed by atoms with Gasteiger partial charge in [-0.05, 0) is 47.5 Å². The van der Waals surface area contributed by atoms with Crippen LogP contribution < -0.4 is 10.1 Å². The molecule has 3 heterocycles. The number of rotatable bonds is 6. The molecule has 0 amide bonds. The van der Waals surface area contributed by atoms with Crippen LogP contribution in [0, 0.1) is 0 Å². The van der Waals surface area contributed by atoms with Gasteiger partial charge in [0.1, 0.15) is 12.4 Å². The SMILES string of the molecule is Cn1nnnc1-n1c(OCc2cccc(NC3CCCC3)n2)nc2ccccc21. The van der Waals surface area contributed by atoms with E-state index in [4.69, 9.17) is 9.72 Å². The molecule has 1 fully saturated rings. The number of aryl methyl sites for hydroxylation is 1. The van der Waals surface area contributed by atoms with E-state index in [1.807, 2.05) is 47.0 Å². The molecule has 1 N–H and O–H groups in total. The average molecular weight is 390 g/mol. The summed E-state index contributed by atoms with van der Waals surface area (Å²) in [6.07, 6.45) is 4.98. The Balaban J connectivity index is 1.40. The monoisotopic (exact) mass is 390 g/mol. The van der Waals surface area contributed by atoms with Crippen molar-refractivity contribution in [2.45, 2.75) is 38.3 Å². The molecule has 3 aromatic heterocycles. The zero-order valence-corrected chi connectivity index (χ0v) is 16.2. The van der Waals surface area contributed by atoms with E-state index in [2.05, 4.69) is 25.8 Å². The van der Waals surface area contributed by atoms with Gasteiger partial charge in [-0.1, -0.05) is 36.1 Å². The zero-order valence-electron chi connectivity index (χ0n) is 16.2. The first-order valence-corrected chi connectivity index (χ1v) is 9.83. The molecule has 9 heteroatoms. The summed E-state index contributed by atoms with van der Waals surface area (Å²) >= 11 is 0. The lowest BCUT2D eigenvalue weighted by molar-refractivity contribution is 0.272. The van der Waals surface area contributed by atoms with Crippen molar-refractivity contribution >= 4 is 16.9 Å². The lowest BCUT2D eigenvalue weighted by Crippen LogP contribution is -2.16. The van der Waals surface area contributed by atoms with Gasteiger partial charge in [0.05, 0.1) is 16.7 Å². The summed E-state index contributed by atoms with van der Waals surface area (Å²) in [4.78, 5) is 9.32. The zero-order chi connectivity index (χ0) is 19.6. The van der Waals surface area contributed by atoms with Crippen LogP contribution in [-0.2, 0) is 13.7 Å². The van der Waals surface area contributed by atoms with E-state index in [1.165, 1.54) is 25.7 Å². The first kappa shape index (κ1) is 17.6. The van der Waals surface area contributed by atoms with Gasteiger partial charge in [0, 0.05) is 13.1 Å². The standard InChI is InChI=1S/C20H22N8O/c1-27-19(24-25-26-27)28-17-11-5-4-10-16(17)23-20(28)29-13-15-9-6-12-18(22-15)21-14-7-2-3-8-14/h4-6,9-12,14H,2-3,7-8,13H2,1H3,(H,21,22). The molecule has 29 heavy (non-hydrogen) atoms. The molecule has 0 aliphatic heterocycles. The van der Waals surface area contributed by atoms with E-state index < -0.39 is 0 Å². The Morgan fingerprint density at radius 1 is 1.07 bits per heavy atom. The summed E-state index contributed by atoms with van der Waals surface area (Å²) in [6, 6.07) is 14.7. The number of aromatic nitrogens is 7. The summed E-state index contributed by atoms with van der Waals surface area (Å²) in [5.74, 6) is 1.43. The second-order valence-corrected chi connectivity index (χ2v) is 7.25. The Kier molecular flexibility index (Phi) is 4.55. The van der Waals surface area contributed by atoms with Gasteiger partial charge < -0.3 is 10.1 Å². The van der Waals surface area contributed by atoms with Crippen molar-refractivity contribution in [2.75, 3.05) is 5.32 Å². The smallest absolute Gasteiger partial charge is 0.305 e. The second kappa shape index (κ2) is 7.50. The predicted molar refractivity (Wildman–Crippen MR) is 108 cm³/mol. The minimum absolute atomic E-state index is 0.300. The lowest BCUT2D eigenvalue weighted by Gasteiger charge is -2.13. The van der Waals surface area contributed by atoms with Crippen molar-refractivity contribution in [3.63, 3.8) is 0 Å². The summed E-state index contributed by atoms with van der Waals surface area (Å²) < 4.78 is 9.47. The first-order valence-electron chi connectivity index (χ1n) is 9.83. The topological polar surface area (TPSA) is 95.6 Å². The molecular weight excluding hydrogens is 368 g/mol. The predicted octanol–water partition coefficient (Wildman–Crippen LogP) is 2.88. The largest absolute Gasteiger partial charge is 0.458 e. The molecule has 0 atom stereocenters. The first-order chi connectivity index (χ1) is 14.3. The van der Waals surface area contributed by atoms with Crippen LogP contribution in [0.2, 0.25) is 0 Å². The maximum atomic E-state index is 6.06. The molecule has 0 bridgehead atoms. The maximum absolute atomic E-state index is 6.06. The van der Waals surface area contributed by atoms with Crippen molar-refractivity contribution in [3.05, 3.63) is 48.2 Å². The van der Waals surface area contributed by atoms with E-state index in [9.17, 15) is 0 Å².